The average Bonchev–Trinajstić information content (AvgIpc) is 2.86. The third kappa shape index (κ3) is 5.36. The Morgan fingerprint density at radius 1 is 0.919 bits per heavy atom. The maximum Gasteiger partial charge on any atom is 0.266 e. The molecule has 1 aromatic heterocycles. The van der Waals surface area contributed by atoms with Gasteiger partial charge in [-0.25, -0.2) is 4.98 Å². The molecule has 0 aliphatic heterocycles. The van der Waals surface area contributed by atoms with E-state index in [1.54, 1.807) is 4.57 Å². The van der Waals surface area contributed by atoms with Gasteiger partial charge >= 0.3 is 0 Å². The predicted molar refractivity (Wildman–Crippen MR) is 152 cm³/mol. The van der Waals surface area contributed by atoms with Crippen LogP contribution >= 0.6 is 0 Å². The molecule has 5 nitrogen and oxygen atoms in total. The van der Waals surface area contributed by atoms with Crippen molar-refractivity contribution in [2.75, 3.05) is 6.54 Å². The minimum absolute atomic E-state index is 0.00508. The number of fused-ring (bicyclic) bond motifs is 1. The first-order valence-corrected chi connectivity index (χ1v) is 13.0. The molecule has 3 aromatic carbocycles. The molecule has 0 bridgehead atoms. The molecule has 0 aliphatic rings. The van der Waals surface area contributed by atoms with E-state index in [0.29, 0.717) is 28.8 Å². The van der Waals surface area contributed by atoms with E-state index in [1.807, 2.05) is 91.5 Å². The number of para-hydroxylation sites is 2. The first kappa shape index (κ1) is 26.3. The van der Waals surface area contributed by atoms with Gasteiger partial charge in [0.25, 0.3) is 11.5 Å². The van der Waals surface area contributed by atoms with Crippen LogP contribution in [0.25, 0.3) is 16.6 Å². The molecule has 0 fully saturated rings. The molecule has 4 aromatic rings. The highest BCUT2D eigenvalue weighted by atomic mass is 16.2. The van der Waals surface area contributed by atoms with Crippen LogP contribution in [0.1, 0.15) is 74.9 Å². The number of carbonyl (C=O) groups is 1. The van der Waals surface area contributed by atoms with Crippen molar-refractivity contribution < 1.29 is 4.79 Å². The zero-order valence-electron chi connectivity index (χ0n) is 22.9. The Labute approximate surface area is 219 Å². The van der Waals surface area contributed by atoms with E-state index in [0.717, 1.165) is 11.3 Å². The minimum Gasteiger partial charge on any atom is -0.328 e. The first-order chi connectivity index (χ1) is 17.5. The van der Waals surface area contributed by atoms with Gasteiger partial charge in [-0.05, 0) is 66.6 Å². The zero-order chi connectivity index (χ0) is 26.9. The summed E-state index contributed by atoms with van der Waals surface area (Å²) in [6.45, 7) is 15.2. The summed E-state index contributed by atoms with van der Waals surface area (Å²) in [5.41, 5.74) is 4.06. The first-order valence-electron chi connectivity index (χ1n) is 13.0. The lowest BCUT2D eigenvalue weighted by atomic mass is 9.86. The van der Waals surface area contributed by atoms with Gasteiger partial charge in [0.1, 0.15) is 5.82 Å². The average molecular weight is 496 g/mol. The Morgan fingerprint density at radius 3 is 2.16 bits per heavy atom. The fourth-order valence-corrected chi connectivity index (χ4v) is 4.71. The molecule has 0 N–H and O–H groups in total. The Hall–Kier alpha value is -3.73. The summed E-state index contributed by atoms with van der Waals surface area (Å²) >= 11 is 0. The Bertz CT molecular complexity index is 1480. The lowest BCUT2D eigenvalue weighted by Crippen LogP contribution is -2.39. The van der Waals surface area contributed by atoms with Crippen LogP contribution in [0.3, 0.4) is 0 Å². The molecule has 37 heavy (non-hydrogen) atoms. The van der Waals surface area contributed by atoms with E-state index >= 15 is 0 Å². The zero-order valence-corrected chi connectivity index (χ0v) is 22.9. The van der Waals surface area contributed by atoms with Crippen LogP contribution in [-0.2, 0) is 5.41 Å². The maximum absolute atomic E-state index is 13.9. The predicted octanol–water partition coefficient (Wildman–Crippen LogP) is 6.85. The molecule has 192 valence electrons. The molecular weight excluding hydrogens is 458 g/mol. The van der Waals surface area contributed by atoms with Gasteiger partial charge in [0.15, 0.2) is 0 Å². The Kier molecular flexibility index (Phi) is 7.35. The van der Waals surface area contributed by atoms with E-state index in [-0.39, 0.29) is 22.8 Å². The number of rotatable bonds is 6. The normalized spacial score (nSPS) is 12.6. The van der Waals surface area contributed by atoms with Crippen LogP contribution in [0.15, 0.2) is 77.6 Å². The van der Waals surface area contributed by atoms with E-state index in [9.17, 15) is 9.59 Å². The summed E-state index contributed by atoms with van der Waals surface area (Å²) in [6.07, 6.45) is 0. The standard InChI is InChI=1S/C32H37N3O2/c1-21(2)20-34(30(36)24-16-18-25(19-17-24)32(5,6)7)23(4)29-33-27-14-10-9-13-26(27)31(37)35(29)28-15-11-8-12-22(28)3/h8-19,21,23H,20H2,1-7H3. The highest BCUT2D eigenvalue weighted by Gasteiger charge is 2.29. The Balaban J connectivity index is 1.88. The summed E-state index contributed by atoms with van der Waals surface area (Å²) in [4.78, 5) is 34.6. The number of amides is 1. The summed E-state index contributed by atoms with van der Waals surface area (Å²) in [6, 6.07) is 22.6. The molecule has 0 saturated carbocycles. The van der Waals surface area contributed by atoms with Gasteiger partial charge < -0.3 is 4.90 Å². The second kappa shape index (κ2) is 10.3. The fraction of sp³-hybridized carbons (Fsp3) is 0.344. The largest absolute Gasteiger partial charge is 0.328 e. The summed E-state index contributed by atoms with van der Waals surface area (Å²) < 4.78 is 1.69. The Morgan fingerprint density at radius 2 is 1.54 bits per heavy atom. The third-order valence-corrected chi connectivity index (χ3v) is 6.82. The van der Waals surface area contributed by atoms with Crippen molar-refractivity contribution in [1.29, 1.82) is 0 Å². The van der Waals surface area contributed by atoms with Gasteiger partial charge in [-0.1, -0.05) is 77.1 Å². The smallest absolute Gasteiger partial charge is 0.266 e. The minimum atomic E-state index is -0.436. The number of hydrogen-bond acceptors (Lipinski definition) is 3. The van der Waals surface area contributed by atoms with E-state index in [1.165, 1.54) is 5.56 Å². The van der Waals surface area contributed by atoms with Crippen molar-refractivity contribution in [3.63, 3.8) is 0 Å². The van der Waals surface area contributed by atoms with Gasteiger partial charge in [0.05, 0.1) is 22.6 Å². The van der Waals surface area contributed by atoms with Gasteiger partial charge in [0.2, 0.25) is 0 Å². The number of carbonyl (C=O) groups excluding carboxylic acids is 1. The summed E-state index contributed by atoms with van der Waals surface area (Å²) in [7, 11) is 0. The van der Waals surface area contributed by atoms with Crippen molar-refractivity contribution in [3.8, 4) is 5.69 Å². The highest BCUT2D eigenvalue weighted by molar-refractivity contribution is 5.94. The van der Waals surface area contributed by atoms with Crippen molar-refractivity contribution in [2.24, 2.45) is 5.92 Å². The van der Waals surface area contributed by atoms with Crippen LogP contribution in [0, 0.1) is 12.8 Å². The summed E-state index contributed by atoms with van der Waals surface area (Å²) in [5.74, 6) is 0.720. The monoisotopic (exact) mass is 495 g/mol. The van der Waals surface area contributed by atoms with Crippen LogP contribution in [0.4, 0.5) is 0 Å². The van der Waals surface area contributed by atoms with E-state index in [2.05, 4.69) is 34.6 Å². The van der Waals surface area contributed by atoms with Crippen LogP contribution in [0.2, 0.25) is 0 Å². The number of aryl methyl sites for hydroxylation is 1. The fourth-order valence-electron chi connectivity index (χ4n) is 4.71. The van der Waals surface area contributed by atoms with E-state index < -0.39 is 6.04 Å². The second-order valence-corrected chi connectivity index (χ2v) is 11.3. The lowest BCUT2D eigenvalue weighted by molar-refractivity contribution is 0.0655. The molecule has 0 radical (unpaired) electrons. The number of nitrogens with zero attached hydrogens (tertiary/aromatic N) is 3. The SMILES string of the molecule is Cc1ccccc1-n1c(C(C)N(CC(C)C)C(=O)c2ccc(C(C)(C)C)cc2)nc2ccccc2c1=O. The third-order valence-electron chi connectivity index (χ3n) is 6.82. The molecule has 0 aliphatic carbocycles. The highest BCUT2D eigenvalue weighted by Crippen LogP contribution is 2.28. The molecule has 4 rings (SSSR count). The van der Waals surface area contributed by atoms with Crippen molar-refractivity contribution in [2.45, 2.75) is 59.9 Å². The van der Waals surface area contributed by atoms with Gasteiger partial charge in [0, 0.05) is 12.1 Å². The topological polar surface area (TPSA) is 55.2 Å². The van der Waals surface area contributed by atoms with Crippen LogP contribution in [-0.4, -0.2) is 26.9 Å². The lowest BCUT2D eigenvalue weighted by Gasteiger charge is -2.32. The van der Waals surface area contributed by atoms with Crippen molar-refractivity contribution in [1.82, 2.24) is 14.5 Å². The molecular formula is C32H37N3O2. The molecule has 0 spiro atoms. The van der Waals surface area contributed by atoms with Gasteiger partial charge in [-0.3, -0.25) is 14.2 Å². The van der Waals surface area contributed by atoms with Crippen LogP contribution < -0.4 is 5.56 Å². The number of aromatic nitrogens is 2. The molecule has 1 atom stereocenters. The van der Waals surface area contributed by atoms with Gasteiger partial charge in [-0.15, -0.1) is 0 Å². The molecule has 1 unspecified atom stereocenters. The quantitative estimate of drug-likeness (QED) is 0.294. The second-order valence-electron chi connectivity index (χ2n) is 11.3. The molecule has 1 amide bonds. The maximum atomic E-state index is 13.9. The number of hydrogen-bond donors (Lipinski definition) is 0. The molecule has 5 heteroatoms. The molecule has 0 saturated heterocycles. The van der Waals surface area contributed by atoms with Crippen molar-refractivity contribution >= 4 is 16.8 Å². The van der Waals surface area contributed by atoms with E-state index in [4.69, 9.17) is 4.98 Å². The van der Waals surface area contributed by atoms with Crippen molar-refractivity contribution in [3.05, 3.63) is 106 Å². The summed E-state index contributed by atoms with van der Waals surface area (Å²) in [5, 5.41) is 0.557. The van der Waals surface area contributed by atoms with Gasteiger partial charge in [-0.2, -0.15) is 0 Å². The van der Waals surface area contributed by atoms with Crippen LogP contribution in [0.5, 0.6) is 0 Å². The molecule has 1 heterocycles. The number of benzene rings is 3.